The molecule has 2 rings (SSSR count). The van der Waals surface area contributed by atoms with Gasteiger partial charge in [-0.25, -0.2) is 10.0 Å². The molecule has 0 nitrogen and oxygen atoms in total. The van der Waals surface area contributed by atoms with E-state index in [-0.39, 0.29) is 10.0 Å². The Morgan fingerprint density at radius 2 is 2.33 bits per heavy atom. The smallest absolute Gasteiger partial charge is 0.00302 e. The van der Waals surface area contributed by atoms with E-state index in [2.05, 4.69) is 6.26 Å². The monoisotopic (exact) mass is 102 g/mol. The van der Waals surface area contributed by atoms with Crippen molar-refractivity contribution in [1.82, 2.24) is 0 Å². The van der Waals surface area contributed by atoms with Gasteiger partial charge in [-0.05, 0) is 29.4 Å². The molecular formula is C5H10S. The van der Waals surface area contributed by atoms with Crippen molar-refractivity contribution in [3.05, 3.63) is 0 Å². The quantitative estimate of drug-likeness (QED) is 0.403. The number of rotatable bonds is 0. The average molecular weight is 102 g/mol. The molecule has 0 aromatic rings. The van der Waals surface area contributed by atoms with Gasteiger partial charge in [-0.2, -0.15) is 0 Å². The molecule has 2 fully saturated rings. The van der Waals surface area contributed by atoms with Crippen LogP contribution in [0.3, 0.4) is 0 Å². The first-order valence-electron chi connectivity index (χ1n) is 2.54. The van der Waals surface area contributed by atoms with Crippen LogP contribution in [0.15, 0.2) is 0 Å². The summed E-state index contributed by atoms with van der Waals surface area (Å²) in [7, 11) is 0.185. The van der Waals surface area contributed by atoms with Gasteiger partial charge >= 0.3 is 0 Å². The van der Waals surface area contributed by atoms with Crippen LogP contribution in [0.4, 0.5) is 0 Å². The van der Waals surface area contributed by atoms with Crippen LogP contribution in [0.2, 0.25) is 0 Å². The highest BCUT2D eigenvalue weighted by molar-refractivity contribution is 8.40. The minimum Gasteiger partial charge on any atom is -0.239 e. The molecule has 0 bridgehead atoms. The van der Waals surface area contributed by atoms with E-state index >= 15 is 0 Å². The molecule has 0 aromatic heterocycles. The maximum atomic E-state index is 2.49. The highest BCUT2D eigenvalue weighted by atomic mass is 32.3. The predicted molar refractivity (Wildman–Crippen MR) is 31.7 cm³/mol. The van der Waals surface area contributed by atoms with Crippen molar-refractivity contribution in [3.8, 4) is 0 Å². The van der Waals surface area contributed by atoms with Crippen LogP contribution in [0.5, 0.6) is 0 Å². The van der Waals surface area contributed by atoms with Crippen molar-refractivity contribution in [1.29, 1.82) is 0 Å². The zero-order valence-corrected chi connectivity index (χ0v) is 4.92. The molecule has 0 saturated carbocycles. The lowest BCUT2D eigenvalue weighted by molar-refractivity contribution is 0.954. The third kappa shape index (κ3) is 0.207. The van der Waals surface area contributed by atoms with Crippen molar-refractivity contribution >= 4 is 10.0 Å². The summed E-state index contributed by atoms with van der Waals surface area (Å²) in [6, 6.07) is 0. The Labute approximate surface area is 40.2 Å². The molecule has 2 aliphatic heterocycles. The molecule has 0 radical (unpaired) electrons. The molecule has 0 aromatic carbocycles. The van der Waals surface area contributed by atoms with Gasteiger partial charge in [0, 0.05) is 0 Å². The van der Waals surface area contributed by atoms with E-state index in [1.54, 1.807) is 17.9 Å². The molecular weight excluding hydrogens is 92.1 g/mol. The molecule has 0 aliphatic carbocycles. The summed E-state index contributed by atoms with van der Waals surface area (Å²) >= 11 is 0. The van der Waals surface area contributed by atoms with Crippen molar-refractivity contribution in [2.24, 2.45) is 0 Å². The fraction of sp³-hybridized carbons (Fsp3) is 1.00. The maximum absolute atomic E-state index is 2.49. The Bertz CT molecular complexity index is 85.9. The molecule has 2 heterocycles. The highest BCUT2D eigenvalue weighted by Gasteiger charge is 2.52. The molecule has 0 spiro atoms. The molecule has 2 saturated heterocycles. The molecule has 0 amide bonds. The summed E-state index contributed by atoms with van der Waals surface area (Å²) in [5, 5.41) is 1.26. The second-order valence-corrected chi connectivity index (χ2v) is 6.74. The first kappa shape index (κ1) is 3.36. The third-order valence-corrected chi connectivity index (χ3v) is 6.08. The fourth-order valence-corrected chi connectivity index (χ4v) is 4.41. The van der Waals surface area contributed by atoms with Gasteiger partial charge in [-0.15, -0.1) is 0 Å². The van der Waals surface area contributed by atoms with Gasteiger partial charge in [0.1, 0.15) is 0 Å². The Morgan fingerprint density at radius 3 is 2.33 bits per heavy atom. The van der Waals surface area contributed by atoms with Gasteiger partial charge in [-0.1, -0.05) is 0 Å². The van der Waals surface area contributed by atoms with Gasteiger partial charge in [-0.3, -0.25) is 0 Å². The van der Waals surface area contributed by atoms with E-state index in [1.165, 1.54) is 5.25 Å². The first-order chi connectivity index (χ1) is 2.81. The van der Waals surface area contributed by atoms with Crippen molar-refractivity contribution in [2.45, 2.75) is 11.7 Å². The second kappa shape index (κ2) is 0.664. The first-order valence-corrected chi connectivity index (χ1v) is 4.98. The van der Waals surface area contributed by atoms with Crippen LogP contribution >= 0.6 is 10.0 Å². The van der Waals surface area contributed by atoms with Crippen molar-refractivity contribution in [3.63, 3.8) is 0 Å². The molecule has 6 heavy (non-hydrogen) atoms. The van der Waals surface area contributed by atoms with Gasteiger partial charge in [0.2, 0.25) is 0 Å². The maximum Gasteiger partial charge on any atom is -0.00302 e. The largest absolute Gasteiger partial charge is 0.239 e. The molecule has 2 atom stereocenters. The molecule has 2 aliphatic rings. The van der Waals surface area contributed by atoms with Crippen LogP contribution in [0.25, 0.3) is 0 Å². The van der Waals surface area contributed by atoms with Gasteiger partial charge in [0.15, 0.2) is 0 Å². The van der Waals surface area contributed by atoms with Crippen LogP contribution in [-0.2, 0) is 0 Å². The summed E-state index contributed by atoms with van der Waals surface area (Å²) in [4.78, 5) is 0. The van der Waals surface area contributed by atoms with Crippen molar-refractivity contribution in [2.75, 3.05) is 17.8 Å². The summed E-state index contributed by atoms with van der Waals surface area (Å²) in [5.41, 5.74) is 0. The lowest BCUT2D eigenvalue weighted by Gasteiger charge is -2.24. The summed E-state index contributed by atoms with van der Waals surface area (Å²) in [6.45, 7) is 0. The highest BCUT2D eigenvalue weighted by Crippen LogP contribution is 2.74. The topological polar surface area (TPSA) is 0 Å². The zero-order chi connectivity index (χ0) is 4.20. The summed E-state index contributed by atoms with van der Waals surface area (Å²) in [5.74, 6) is 3.24. The number of fused-ring (bicyclic) bond motifs is 1. The van der Waals surface area contributed by atoms with Crippen LogP contribution in [0.1, 0.15) is 6.42 Å². The lowest BCUT2D eigenvalue weighted by Crippen LogP contribution is -2.05. The minimum atomic E-state index is 0.185. The molecule has 0 N–H and O–H groups in total. The normalized spacial score (nSPS) is 73.2. The Balaban J connectivity index is 2.22. The van der Waals surface area contributed by atoms with E-state index in [0.29, 0.717) is 0 Å². The van der Waals surface area contributed by atoms with E-state index in [0.717, 1.165) is 0 Å². The molecule has 2 unspecified atom stereocenters. The van der Waals surface area contributed by atoms with Crippen LogP contribution in [0, 0.1) is 0 Å². The SMILES string of the molecule is CS12CCC1C2. The standard InChI is InChI=1S/C5H10S/c1-6-3-2-5(6)4-6/h5H,2-4H2,1H3. The molecule has 1 heteroatoms. The third-order valence-electron chi connectivity index (χ3n) is 2.16. The second-order valence-electron chi connectivity index (χ2n) is 2.63. The van der Waals surface area contributed by atoms with Gasteiger partial charge in [0.05, 0.1) is 0 Å². The summed E-state index contributed by atoms with van der Waals surface area (Å²) in [6.07, 6.45) is 4.06. The summed E-state index contributed by atoms with van der Waals surface area (Å²) < 4.78 is 0. The number of hydrogen-bond acceptors (Lipinski definition) is 0. The zero-order valence-electron chi connectivity index (χ0n) is 4.11. The lowest BCUT2D eigenvalue weighted by atomic mass is 10.4. The van der Waals surface area contributed by atoms with E-state index in [9.17, 15) is 0 Å². The number of hydrogen-bond donors (Lipinski definition) is 0. The van der Waals surface area contributed by atoms with Crippen molar-refractivity contribution < 1.29 is 0 Å². The predicted octanol–water partition coefficient (Wildman–Crippen LogP) is 1.21. The van der Waals surface area contributed by atoms with Gasteiger partial charge < -0.3 is 0 Å². The Morgan fingerprint density at radius 1 is 1.67 bits per heavy atom. The molecule has 36 valence electrons. The minimum absolute atomic E-state index is 0.185. The average Bonchev–Trinajstić information content (AvgIpc) is 1.88. The fourth-order valence-electron chi connectivity index (χ4n) is 1.24. The van der Waals surface area contributed by atoms with E-state index in [1.807, 2.05) is 0 Å². The van der Waals surface area contributed by atoms with E-state index < -0.39 is 0 Å². The Hall–Kier alpha value is 0.350. The van der Waals surface area contributed by atoms with Crippen LogP contribution in [-0.4, -0.2) is 23.0 Å². The Kier molecular flexibility index (Phi) is 0.372. The van der Waals surface area contributed by atoms with E-state index in [4.69, 9.17) is 0 Å². The van der Waals surface area contributed by atoms with Crippen LogP contribution < -0.4 is 0 Å². The van der Waals surface area contributed by atoms with Gasteiger partial charge in [0.25, 0.3) is 0 Å².